The van der Waals surface area contributed by atoms with E-state index in [9.17, 15) is 9.59 Å². The van der Waals surface area contributed by atoms with Gasteiger partial charge >= 0.3 is 0 Å². The van der Waals surface area contributed by atoms with Crippen molar-refractivity contribution in [1.29, 1.82) is 0 Å². The van der Waals surface area contributed by atoms with Crippen LogP contribution in [0.2, 0.25) is 5.02 Å². The smallest absolute Gasteiger partial charge is 0.257 e. The minimum Gasteiger partial charge on any atom is -0.322 e. The molecule has 0 aliphatic carbocycles. The maximum absolute atomic E-state index is 12.9. The summed E-state index contributed by atoms with van der Waals surface area (Å²) in [5.41, 5.74) is 2.29. The number of carbonyl (C=O) groups excluding carboxylic acids is 2. The van der Waals surface area contributed by atoms with E-state index in [0.29, 0.717) is 40.8 Å². The maximum atomic E-state index is 12.9. The Morgan fingerprint density at radius 3 is 2.79 bits per heavy atom. The Balaban J connectivity index is 1.63. The fourth-order valence-electron chi connectivity index (χ4n) is 3.23. The molecule has 8 nitrogen and oxygen atoms in total. The summed E-state index contributed by atoms with van der Waals surface area (Å²) in [6.07, 6.45) is 1.24. The van der Waals surface area contributed by atoms with Gasteiger partial charge in [0.1, 0.15) is 0 Å². The lowest BCUT2D eigenvalue weighted by Gasteiger charge is -2.20. The molecule has 1 aliphatic heterocycles. The van der Waals surface area contributed by atoms with Gasteiger partial charge in [0.05, 0.1) is 11.3 Å². The highest BCUT2D eigenvalue weighted by Gasteiger charge is 2.26. The number of aromatic nitrogens is 4. The molecule has 1 aliphatic rings. The molecule has 0 atom stereocenters. The lowest BCUT2D eigenvalue weighted by atomic mass is 10.1. The van der Waals surface area contributed by atoms with Crippen molar-refractivity contribution in [3.05, 3.63) is 53.1 Å². The van der Waals surface area contributed by atoms with E-state index in [-0.39, 0.29) is 11.8 Å². The number of tetrazole rings is 1. The summed E-state index contributed by atoms with van der Waals surface area (Å²) < 4.78 is 1.55. The summed E-state index contributed by atoms with van der Waals surface area (Å²) in [6.45, 7) is 0.577. The van der Waals surface area contributed by atoms with E-state index >= 15 is 0 Å². The summed E-state index contributed by atoms with van der Waals surface area (Å²) in [4.78, 5) is 26.7. The number of aryl methyl sites for hydroxylation is 1. The molecular formula is C19H17ClN6O2. The number of anilines is 2. The molecule has 1 saturated heterocycles. The average Bonchev–Trinajstić information content (AvgIpc) is 3.29. The van der Waals surface area contributed by atoms with Gasteiger partial charge in [0.15, 0.2) is 5.82 Å². The highest BCUT2D eigenvalue weighted by atomic mass is 35.5. The molecule has 2 amide bonds. The van der Waals surface area contributed by atoms with E-state index in [4.69, 9.17) is 11.6 Å². The van der Waals surface area contributed by atoms with Crippen LogP contribution in [-0.4, -0.2) is 38.6 Å². The van der Waals surface area contributed by atoms with Crippen LogP contribution in [0.3, 0.4) is 0 Å². The molecule has 142 valence electrons. The van der Waals surface area contributed by atoms with Crippen molar-refractivity contribution in [1.82, 2.24) is 20.2 Å². The molecule has 0 spiro atoms. The van der Waals surface area contributed by atoms with Crippen molar-refractivity contribution in [3.8, 4) is 11.4 Å². The molecule has 4 rings (SSSR count). The van der Waals surface area contributed by atoms with Gasteiger partial charge in [-0.2, -0.15) is 0 Å². The summed E-state index contributed by atoms with van der Waals surface area (Å²) in [7, 11) is 1.74. The first-order valence-electron chi connectivity index (χ1n) is 8.77. The molecule has 1 aromatic heterocycles. The molecule has 9 heteroatoms. The van der Waals surface area contributed by atoms with E-state index in [0.717, 1.165) is 12.0 Å². The van der Waals surface area contributed by atoms with Gasteiger partial charge in [0, 0.05) is 36.3 Å². The van der Waals surface area contributed by atoms with E-state index in [2.05, 4.69) is 20.8 Å². The lowest BCUT2D eigenvalue weighted by molar-refractivity contribution is -0.117. The number of rotatable bonds is 4. The number of hydrogen-bond donors (Lipinski definition) is 1. The summed E-state index contributed by atoms with van der Waals surface area (Å²) in [6, 6.07) is 12.2. The van der Waals surface area contributed by atoms with Gasteiger partial charge in [-0.1, -0.05) is 23.7 Å². The topological polar surface area (TPSA) is 93.0 Å². The van der Waals surface area contributed by atoms with Crippen LogP contribution in [-0.2, 0) is 11.8 Å². The van der Waals surface area contributed by atoms with Gasteiger partial charge in [0.2, 0.25) is 5.91 Å². The first-order chi connectivity index (χ1) is 13.5. The Kier molecular flexibility index (Phi) is 4.79. The fraction of sp³-hybridized carbons (Fsp3) is 0.211. The van der Waals surface area contributed by atoms with Crippen molar-refractivity contribution in [3.63, 3.8) is 0 Å². The van der Waals surface area contributed by atoms with E-state index in [1.54, 1.807) is 47.0 Å². The van der Waals surface area contributed by atoms with Crippen LogP contribution in [0.15, 0.2) is 42.5 Å². The van der Waals surface area contributed by atoms with Crippen LogP contribution in [0.4, 0.5) is 11.4 Å². The van der Waals surface area contributed by atoms with Crippen LogP contribution < -0.4 is 10.2 Å². The van der Waals surface area contributed by atoms with Gasteiger partial charge in [-0.3, -0.25) is 9.59 Å². The van der Waals surface area contributed by atoms with E-state index in [1.165, 1.54) is 0 Å². The van der Waals surface area contributed by atoms with Crippen LogP contribution in [0.1, 0.15) is 23.2 Å². The Labute approximate surface area is 166 Å². The maximum Gasteiger partial charge on any atom is 0.257 e. The fourth-order valence-corrected chi connectivity index (χ4v) is 3.40. The third-order valence-corrected chi connectivity index (χ3v) is 4.80. The Morgan fingerprint density at radius 2 is 2.07 bits per heavy atom. The number of benzene rings is 2. The quantitative estimate of drug-likeness (QED) is 0.731. The Morgan fingerprint density at radius 1 is 1.21 bits per heavy atom. The van der Waals surface area contributed by atoms with Gasteiger partial charge in [0.25, 0.3) is 5.91 Å². The van der Waals surface area contributed by atoms with Gasteiger partial charge in [-0.25, -0.2) is 4.68 Å². The molecule has 28 heavy (non-hydrogen) atoms. The minimum absolute atomic E-state index is 0.00639. The van der Waals surface area contributed by atoms with Gasteiger partial charge in [-0.05, 0) is 47.2 Å². The monoisotopic (exact) mass is 396 g/mol. The van der Waals surface area contributed by atoms with Crippen molar-refractivity contribution >= 4 is 34.8 Å². The van der Waals surface area contributed by atoms with Crippen molar-refractivity contribution < 1.29 is 9.59 Å². The molecule has 1 N–H and O–H groups in total. The molecular weight excluding hydrogens is 380 g/mol. The lowest BCUT2D eigenvalue weighted by Crippen LogP contribution is -2.27. The summed E-state index contributed by atoms with van der Waals surface area (Å²) >= 11 is 6.11. The molecule has 0 bridgehead atoms. The summed E-state index contributed by atoms with van der Waals surface area (Å²) in [5, 5.41) is 14.8. The van der Waals surface area contributed by atoms with Crippen LogP contribution in [0.25, 0.3) is 11.4 Å². The molecule has 2 heterocycles. The first-order valence-corrected chi connectivity index (χ1v) is 9.15. The number of nitrogens with one attached hydrogen (secondary N) is 1. The molecule has 0 radical (unpaired) electrons. The number of halogens is 1. The highest BCUT2D eigenvalue weighted by Crippen LogP contribution is 2.29. The highest BCUT2D eigenvalue weighted by molar-refractivity contribution is 6.31. The third-order valence-electron chi connectivity index (χ3n) is 4.57. The van der Waals surface area contributed by atoms with Crippen molar-refractivity contribution in [2.45, 2.75) is 12.8 Å². The SMILES string of the molecule is Cn1nnnc1-c1cccc(NC(=O)c2ccc(Cl)cc2N2CCCC2=O)c1. The van der Waals surface area contributed by atoms with Crippen molar-refractivity contribution in [2.24, 2.45) is 7.05 Å². The molecule has 0 saturated carbocycles. The van der Waals surface area contributed by atoms with E-state index in [1.807, 2.05) is 12.1 Å². The first kappa shape index (κ1) is 18.1. The number of nitrogens with zero attached hydrogens (tertiary/aromatic N) is 5. The second-order valence-corrected chi connectivity index (χ2v) is 6.91. The normalized spacial score (nSPS) is 13.8. The van der Waals surface area contributed by atoms with Crippen LogP contribution in [0, 0.1) is 0 Å². The van der Waals surface area contributed by atoms with E-state index < -0.39 is 0 Å². The Bertz CT molecular complexity index is 1060. The molecule has 1 fully saturated rings. The zero-order valence-electron chi connectivity index (χ0n) is 15.1. The van der Waals surface area contributed by atoms with Crippen LogP contribution >= 0.6 is 11.6 Å². The predicted octanol–water partition coefficient (Wildman–Crippen LogP) is 2.91. The Hall–Kier alpha value is -3.26. The molecule has 3 aromatic rings. The van der Waals surface area contributed by atoms with Crippen LogP contribution in [0.5, 0.6) is 0 Å². The van der Waals surface area contributed by atoms with Crippen molar-refractivity contribution in [2.75, 3.05) is 16.8 Å². The summed E-state index contributed by atoms with van der Waals surface area (Å²) in [5.74, 6) is 0.263. The second kappa shape index (κ2) is 7.40. The third kappa shape index (κ3) is 3.46. The largest absolute Gasteiger partial charge is 0.322 e. The van der Waals surface area contributed by atoms with Gasteiger partial charge in [-0.15, -0.1) is 5.10 Å². The second-order valence-electron chi connectivity index (χ2n) is 6.47. The standard InChI is InChI=1S/C19H17ClN6O2/c1-25-18(22-23-24-25)12-4-2-5-14(10-12)21-19(28)15-8-7-13(20)11-16(15)26-9-3-6-17(26)27/h2,4-5,7-8,10-11H,3,6,9H2,1H3,(H,21,28). The minimum atomic E-state index is -0.320. The predicted molar refractivity (Wildman–Crippen MR) is 105 cm³/mol. The zero-order valence-corrected chi connectivity index (χ0v) is 15.8. The zero-order chi connectivity index (χ0) is 19.7. The van der Waals surface area contributed by atoms with Gasteiger partial charge < -0.3 is 10.2 Å². The number of amides is 2. The number of carbonyl (C=O) groups is 2. The molecule has 2 aromatic carbocycles. The molecule has 0 unspecified atom stereocenters. The average molecular weight is 397 g/mol. The number of hydrogen-bond acceptors (Lipinski definition) is 5.